The summed E-state index contributed by atoms with van der Waals surface area (Å²) in [5.41, 5.74) is 9.56. The molecule has 3 heterocycles. The van der Waals surface area contributed by atoms with Gasteiger partial charge in [-0.15, -0.1) is 0 Å². The number of nitrogen functional groups attached to an aromatic ring is 1. The summed E-state index contributed by atoms with van der Waals surface area (Å²) in [5, 5.41) is 9.07. The number of aromatic nitrogens is 4. The number of nitrogens with one attached hydrogen (secondary N) is 1. The van der Waals surface area contributed by atoms with E-state index in [4.69, 9.17) is 22.2 Å². The van der Waals surface area contributed by atoms with Crippen LogP contribution in [-0.4, -0.2) is 37.4 Å². The molecule has 188 valence electrons. The van der Waals surface area contributed by atoms with Crippen LogP contribution in [-0.2, 0) is 11.4 Å². The topological polar surface area (TPSA) is 111 Å². The average molecular weight is 520 g/mol. The highest BCUT2D eigenvalue weighted by molar-refractivity contribution is 6.30. The van der Waals surface area contributed by atoms with Gasteiger partial charge < -0.3 is 11.1 Å². The first-order valence-electron chi connectivity index (χ1n) is 11.6. The highest BCUT2D eigenvalue weighted by Crippen LogP contribution is 2.34. The molecular formula is C26H23ClFN7O2. The Morgan fingerprint density at radius 2 is 2.14 bits per heavy atom. The van der Waals surface area contributed by atoms with Crippen LogP contribution in [0.4, 0.5) is 20.7 Å². The maximum Gasteiger partial charge on any atom is 0.346 e. The Morgan fingerprint density at radius 3 is 2.95 bits per heavy atom. The van der Waals surface area contributed by atoms with Gasteiger partial charge in [-0.25, -0.2) is 23.8 Å². The normalized spacial score (nSPS) is 15.0. The minimum Gasteiger partial charge on any atom is -0.383 e. The fourth-order valence-corrected chi connectivity index (χ4v) is 4.39. The first-order chi connectivity index (χ1) is 17.9. The number of halogens is 2. The first-order valence-corrected chi connectivity index (χ1v) is 12.0. The Bertz CT molecular complexity index is 1580. The molecule has 0 saturated carbocycles. The molecule has 1 saturated heterocycles. The number of nitrogens with zero attached hydrogens (tertiary/aromatic N) is 5. The first kappa shape index (κ1) is 24.5. The number of urea groups is 1. The number of carbonyl (C=O) groups is 1. The van der Waals surface area contributed by atoms with Crippen LogP contribution in [0.1, 0.15) is 41.8 Å². The van der Waals surface area contributed by atoms with Gasteiger partial charge in [0.25, 0.3) is 0 Å². The lowest BCUT2D eigenvalue weighted by Crippen LogP contribution is -2.33. The minimum atomic E-state index is -0.599. The predicted octanol–water partition coefficient (Wildman–Crippen LogP) is 4.84. The fraction of sp³-hybridized carbons (Fsp3) is 0.231. The number of fused-ring (bicyclic) bond motifs is 1. The number of amides is 2. The van der Waals surface area contributed by atoms with Gasteiger partial charge in [0.05, 0.1) is 23.1 Å². The van der Waals surface area contributed by atoms with Crippen LogP contribution in [0.25, 0.3) is 11.0 Å². The lowest BCUT2D eigenvalue weighted by Gasteiger charge is -2.23. The van der Waals surface area contributed by atoms with Gasteiger partial charge in [-0.3, -0.25) is 4.84 Å². The second-order valence-corrected chi connectivity index (χ2v) is 8.85. The van der Waals surface area contributed by atoms with Gasteiger partial charge in [0.2, 0.25) is 0 Å². The number of nitrogens with two attached hydrogens (primary N) is 1. The Kier molecular flexibility index (Phi) is 6.65. The summed E-state index contributed by atoms with van der Waals surface area (Å²) >= 11 is 5.94. The van der Waals surface area contributed by atoms with E-state index in [1.807, 2.05) is 19.9 Å². The van der Waals surface area contributed by atoms with Crippen molar-refractivity contribution in [2.75, 3.05) is 17.7 Å². The van der Waals surface area contributed by atoms with Crippen molar-refractivity contribution in [1.82, 2.24) is 24.8 Å². The van der Waals surface area contributed by atoms with Gasteiger partial charge in [-0.2, -0.15) is 10.2 Å². The third-order valence-corrected chi connectivity index (χ3v) is 6.40. The van der Waals surface area contributed by atoms with Crippen molar-refractivity contribution in [3.05, 3.63) is 75.9 Å². The van der Waals surface area contributed by atoms with Gasteiger partial charge in [0, 0.05) is 29.8 Å². The number of carbonyl (C=O) groups excluding carboxylic acids is 1. The molecule has 1 fully saturated rings. The smallest absolute Gasteiger partial charge is 0.346 e. The molecule has 2 aromatic heterocycles. The van der Waals surface area contributed by atoms with E-state index in [0.717, 1.165) is 10.6 Å². The van der Waals surface area contributed by atoms with Crippen LogP contribution in [0.15, 0.2) is 42.7 Å². The number of hydroxylamine groups is 2. The molecule has 2 amide bonds. The van der Waals surface area contributed by atoms with Crippen molar-refractivity contribution in [2.45, 2.75) is 32.9 Å². The number of anilines is 2. The summed E-state index contributed by atoms with van der Waals surface area (Å²) in [5.74, 6) is 5.94. The molecule has 1 unspecified atom stereocenters. The van der Waals surface area contributed by atoms with Crippen LogP contribution in [0, 0.1) is 24.6 Å². The van der Waals surface area contributed by atoms with Crippen molar-refractivity contribution in [2.24, 2.45) is 0 Å². The second kappa shape index (κ2) is 10.0. The molecule has 3 N–H and O–H groups in total. The summed E-state index contributed by atoms with van der Waals surface area (Å²) in [4.78, 5) is 26.9. The van der Waals surface area contributed by atoms with Gasteiger partial charge in [-0.1, -0.05) is 35.7 Å². The molecule has 37 heavy (non-hydrogen) atoms. The highest BCUT2D eigenvalue weighted by atomic mass is 35.5. The Balaban J connectivity index is 1.40. The van der Waals surface area contributed by atoms with E-state index in [1.165, 1.54) is 12.4 Å². The Morgan fingerprint density at radius 1 is 1.30 bits per heavy atom. The number of hydrogen-bond acceptors (Lipinski definition) is 6. The molecule has 1 aliphatic heterocycles. The zero-order valence-electron chi connectivity index (χ0n) is 20.1. The van der Waals surface area contributed by atoms with Crippen LogP contribution in [0.5, 0.6) is 0 Å². The van der Waals surface area contributed by atoms with E-state index < -0.39 is 17.9 Å². The van der Waals surface area contributed by atoms with Crippen LogP contribution >= 0.6 is 11.6 Å². The number of benzene rings is 2. The minimum absolute atomic E-state index is 0.00336. The largest absolute Gasteiger partial charge is 0.383 e. The van der Waals surface area contributed by atoms with Crippen molar-refractivity contribution < 1.29 is 14.0 Å². The van der Waals surface area contributed by atoms with Crippen molar-refractivity contribution in [3.63, 3.8) is 0 Å². The molecule has 2 aromatic carbocycles. The van der Waals surface area contributed by atoms with Crippen molar-refractivity contribution in [3.8, 4) is 11.8 Å². The monoisotopic (exact) mass is 519 g/mol. The van der Waals surface area contributed by atoms with Crippen LogP contribution in [0.3, 0.4) is 0 Å². The highest BCUT2D eigenvalue weighted by Gasteiger charge is 2.34. The maximum absolute atomic E-state index is 14.6. The molecule has 5 rings (SSSR count). The van der Waals surface area contributed by atoms with E-state index in [1.54, 1.807) is 28.9 Å². The molecule has 11 heteroatoms. The molecule has 9 nitrogen and oxygen atoms in total. The van der Waals surface area contributed by atoms with Crippen molar-refractivity contribution >= 4 is 40.2 Å². The summed E-state index contributed by atoms with van der Waals surface area (Å²) in [6.45, 7) is 4.75. The molecule has 1 aliphatic rings. The third kappa shape index (κ3) is 4.67. The molecule has 0 spiro atoms. The van der Waals surface area contributed by atoms with Crippen molar-refractivity contribution in [1.29, 1.82) is 0 Å². The fourth-order valence-electron chi connectivity index (χ4n) is 4.21. The summed E-state index contributed by atoms with van der Waals surface area (Å²) < 4.78 is 16.3. The second-order valence-electron chi connectivity index (χ2n) is 8.44. The van der Waals surface area contributed by atoms with Crippen LogP contribution in [0.2, 0.25) is 5.02 Å². The zero-order valence-corrected chi connectivity index (χ0v) is 20.9. The lowest BCUT2D eigenvalue weighted by atomic mass is 10.0. The quantitative estimate of drug-likeness (QED) is 0.375. The van der Waals surface area contributed by atoms with Crippen LogP contribution < -0.4 is 11.1 Å². The molecular weight excluding hydrogens is 497 g/mol. The maximum atomic E-state index is 14.6. The summed E-state index contributed by atoms with van der Waals surface area (Å²) in [7, 11) is 0. The van der Waals surface area contributed by atoms with Gasteiger partial charge in [0.1, 0.15) is 23.7 Å². The number of rotatable bonds is 3. The third-order valence-electron chi connectivity index (χ3n) is 6.11. The number of aryl methyl sites for hydroxylation is 2. The predicted molar refractivity (Wildman–Crippen MR) is 138 cm³/mol. The van der Waals surface area contributed by atoms with E-state index in [-0.39, 0.29) is 11.6 Å². The average Bonchev–Trinajstić information content (AvgIpc) is 3.52. The van der Waals surface area contributed by atoms with E-state index in [2.05, 4.69) is 32.2 Å². The molecule has 4 aromatic rings. The lowest BCUT2D eigenvalue weighted by molar-refractivity contribution is -0.0834. The molecule has 0 aliphatic carbocycles. The standard InChI is InChI=1S/C26H23ClFN7O2/c1-3-34-25-22(24(29)30-14-31-25)20(33-34)10-8-16-13-17(9-7-15(16)2)32-26(36)35-21(11-12-37-35)18-5-4-6-19(27)23(18)28/h4-7,9,13-14,21H,3,11-12H2,1-2H3,(H,32,36)(H2,29,30,31). The Labute approximate surface area is 217 Å². The van der Waals surface area contributed by atoms with E-state index >= 15 is 0 Å². The Hall–Kier alpha value is -4.20. The van der Waals surface area contributed by atoms with E-state index in [0.29, 0.717) is 52.3 Å². The van der Waals surface area contributed by atoms with Gasteiger partial charge >= 0.3 is 6.03 Å². The van der Waals surface area contributed by atoms with Gasteiger partial charge in [-0.05, 0) is 43.5 Å². The molecule has 0 radical (unpaired) electrons. The SMILES string of the molecule is CCn1nc(C#Cc2cc(NC(=O)N3OCCC3c3cccc(Cl)c3F)ccc2C)c2c(N)ncnc21. The molecule has 1 atom stereocenters. The molecule has 0 bridgehead atoms. The zero-order chi connectivity index (χ0) is 26.1. The summed E-state index contributed by atoms with van der Waals surface area (Å²) in [6.07, 6.45) is 1.84. The summed E-state index contributed by atoms with van der Waals surface area (Å²) in [6, 6.07) is 8.94. The number of hydrogen-bond donors (Lipinski definition) is 2. The van der Waals surface area contributed by atoms with Gasteiger partial charge in [0.15, 0.2) is 5.65 Å². The van der Waals surface area contributed by atoms with E-state index in [9.17, 15) is 9.18 Å².